The number of aliphatic hydroxyl groups is 5. The fourth-order valence-corrected chi connectivity index (χ4v) is 1.23. The Bertz CT molecular complexity index is 299. The summed E-state index contributed by atoms with van der Waals surface area (Å²) in [5.41, 5.74) is 9.49. The minimum absolute atomic E-state index is 0.312. The molecule has 1 heterocycles. The lowest BCUT2D eigenvalue weighted by Crippen LogP contribution is -2.58. The highest BCUT2D eigenvalue weighted by Crippen LogP contribution is 2.18. The van der Waals surface area contributed by atoms with E-state index < -0.39 is 37.3 Å². The largest absolute Gasteiger partial charge is 0.394 e. The number of hydrogen-bond acceptors (Lipinski definition) is 8. The average Bonchev–Trinajstić information content (AvgIpc) is 2.30. The molecular formula is C8H19N5O6. The molecule has 5 atom stereocenters. The molecule has 0 spiro atoms. The van der Waals surface area contributed by atoms with E-state index in [2.05, 4.69) is 4.74 Å². The number of nitrogens with two attached hydrogens (primary N) is 2. The van der Waals surface area contributed by atoms with Crippen molar-refractivity contribution >= 4 is 11.9 Å². The van der Waals surface area contributed by atoms with Crippen LogP contribution in [0.15, 0.2) is 0 Å². The lowest BCUT2D eigenvalue weighted by atomic mass is 10.00. The Labute approximate surface area is 108 Å². The zero-order chi connectivity index (χ0) is 15.2. The van der Waals surface area contributed by atoms with Gasteiger partial charge in [-0.05, 0) is 0 Å². The summed E-state index contributed by atoms with van der Waals surface area (Å²) < 4.78 is 4.58. The molecule has 1 saturated heterocycles. The summed E-state index contributed by atoms with van der Waals surface area (Å²) >= 11 is 0. The molecule has 1 rings (SSSR count). The zero-order valence-corrected chi connectivity index (χ0v) is 9.89. The second kappa shape index (κ2) is 7.83. The molecule has 0 aromatic heterocycles. The van der Waals surface area contributed by atoms with Gasteiger partial charge in [-0.2, -0.15) is 0 Å². The second-order valence-corrected chi connectivity index (χ2v) is 3.67. The molecule has 0 aliphatic carbocycles. The summed E-state index contributed by atoms with van der Waals surface area (Å²) in [6, 6.07) is 0. The van der Waals surface area contributed by atoms with Crippen LogP contribution in [0, 0.1) is 10.8 Å². The maximum atomic E-state index is 9.12. The van der Waals surface area contributed by atoms with E-state index in [0.717, 1.165) is 0 Å². The zero-order valence-electron chi connectivity index (χ0n) is 9.89. The molecule has 112 valence electrons. The first-order valence-electron chi connectivity index (χ1n) is 5.14. The molecule has 0 saturated carbocycles. The predicted molar refractivity (Wildman–Crippen MR) is 62.9 cm³/mol. The van der Waals surface area contributed by atoms with Crippen molar-refractivity contribution in [2.75, 3.05) is 6.61 Å². The van der Waals surface area contributed by atoms with E-state index in [9.17, 15) is 0 Å². The van der Waals surface area contributed by atoms with Gasteiger partial charge in [-0.25, -0.2) is 0 Å². The van der Waals surface area contributed by atoms with Crippen LogP contribution >= 0.6 is 0 Å². The van der Waals surface area contributed by atoms with Crippen LogP contribution in [0.1, 0.15) is 0 Å². The maximum absolute atomic E-state index is 9.12. The predicted octanol–water partition coefficient (Wildman–Crippen LogP) is -4.86. The first-order valence-corrected chi connectivity index (χ1v) is 5.14. The van der Waals surface area contributed by atoms with Gasteiger partial charge in [0.15, 0.2) is 18.2 Å². The third-order valence-electron chi connectivity index (χ3n) is 2.14. The van der Waals surface area contributed by atoms with E-state index in [4.69, 9.17) is 47.8 Å². The summed E-state index contributed by atoms with van der Waals surface area (Å²) in [7, 11) is 0. The van der Waals surface area contributed by atoms with Gasteiger partial charge in [0.2, 0.25) is 0 Å². The van der Waals surface area contributed by atoms with E-state index in [0.29, 0.717) is 0 Å². The molecule has 0 radical (unpaired) electrons. The maximum Gasteiger partial charge on any atom is 0.192 e. The third kappa shape index (κ3) is 5.78. The minimum Gasteiger partial charge on any atom is -0.394 e. The van der Waals surface area contributed by atoms with Crippen molar-refractivity contribution in [2.24, 2.45) is 11.5 Å². The van der Waals surface area contributed by atoms with Gasteiger partial charge in [0.05, 0.1) is 6.61 Å². The summed E-state index contributed by atoms with van der Waals surface area (Å²) in [6.07, 6.45) is -7.04. The smallest absolute Gasteiger partial charge is 0.192 e. The molecule has 0 aromatic rings. The van der Waals surface area contributed by atoms with Crippen molar-refractivity contribution in [3.8, 4) is 0 Å². The molecule has 1 aliphatic rings. The number of ether oxygens (including phenoxy) is 1. The lowest BCUT2D eigenvalue weighted by molar-refractivity contribution is -0.286. The van der Waals surface area contributed by atoms with E-state index in [1.807, 2.05) is 5.32 Å². The van der Waals surface area contributed by atoms with Gasteiger partial charge < -0.3 is 41.7 Å². The Balaban J connectivity index is 0.000000399. The molecule has 11 nitrogen and oxygen atoms in total. The fraction of sp³-hybridized carbons (Fsp3) is 0.750. The van der Waals surface area contributed by atoms with E-state index in [1.54, 1.807) is 0 Å². The van der Waals surface area contributed by atoms with Crippen molar-refractivity contribution in [1.29, 1.82) is 10.8 Å². The van der Waals surface area contributed by atoms with Crippen molar-refractivity contribution in [2.45, 2.75) is 30.7 Å². The quantitative estimate of drug-likeness (QED) is 0.164. The highest BCUT2D eigenvalue weighted by molar-refractivity contribution is 5.93. The number of hydrogen-bond donors (Lipinski definition) is 10. The van der Waals surface area contributed by atoms with Crippen molar-refractivity contribution in [1.82, 2.24) is 5.32 Å². The normalized spacial score (nSPS) is 33.8. The topological polar surface area (TPSA) is 222 Å². The molecule has 19 heavy (non-hydrogen) atoms. The first-order chi connectivity index (χ1) is 8.70. The van der Waals surface area contributed by atoms with E-state index in [-0.39, 0.29) is 11.9 Å². The molecule has 1 fully saturated rings. The highest BCUT2D eigenvalue weighted by Gasteiger charge is 2.42. The number of guanidine groups is 2. The Kier molecular flexibility index (Phi) is 7.21. The summed E-state index contributed by atoms with van der Waals surface area (Å²) in [5.74, 6) is -0.625. The molecule has 1 aliphatic heterocycles. The molecule has 0 bridgehead atoms. The minimum atomic E-state index is -1.57. The summed E-state index contributed by atoms with van der Waals surface area (Å²) in [6.45, 7) is -0.526. The van der Waals surface area contributed by atoms with Crippen molar-refractivity contribution in [3.63, 3.8) is 0 Å². The average molecular weight is 281 g/mol. The van der Waals surface area contributed by atoms with Gasteiger partial charge in [-0.15, -0.1) is 0 Å². The van der Waals surface area contributed by atoms with Crippen LogP contribution in [-0.4, -0.2) is 74.8 Å². The Morgan fingerprint density at radius 1 is 1.00 bits per heavy atom. The third-order valence-corrected chi connectivity index (χ3v) is 2.14. The number of aliphatic hydroxyl groups excluding tert-OH is 5. The van der Waals surface area contributed by atoms with Crippen LogP contribution < -0.4 is 16.8 Å². The van der Waals surface area contributed by atoms with Gasteiger partial charge in [0.1, 0.15) is 24.4 Å². The van der Waals surface area contributed by atoms with Gasteiger partial charge in [-0.3, -0.25) is 16.1 Å². The Hall–Kier alpha value is -1.50. The van der Waals surface area contributed by atoms with Gasteiger partial charge in [-0.1, -0.05) is 0 Å². The molecule has 0 aromatic carbocycles. The Morgan fingerprint density at radius 2 is 1.47 bits per heavy atom. The van der Waals surface area contributed by atoms with Crippen molar-refractivity contribution in [3.05, 3.63) is 0 Å². The van der Waals surface area contributed by atoms with Gasteiger partial charge in [0.25, 0.3) is 0 Å². The van der Waals surface area contributed by atoms with Crippen LogP contribution in [0.25, 0.3) is 0 Å². The summed E-state index contributed by atoms with van der Waals surface area (Å²) in [5, 5.41) is 59.6. The standard InChI is InChI=1S/C6H12O6.C2H7N5/c7-1-2-3(8)4(9)5(10)6(11)12-2;3-1(4)7-2(5)6/h2-11H,1H2;(H7,3,4,5,6,7)/t2-,3-,4+,5-,6?;/m1./s1. The van der Waals surface area contributed by atoms with E-state index in [1.165, 1.54) is 0 Å². The molecule has 12 N–H and O–H groups in total. The number of nitrogens with one attached hydrogen (secondary N) is 3. The SMILES string of the molecule is N=C(N)NC(=N)N.OC[C@H]1OC(O)[C@H](O)[C@@H](O)[C@@H]1O. The van der Waals surface area contributed by atoms with Crippen LogP contribution in [-0.2, 0) is 4.74 Å². The lowest BCUT2D eigenvalue weighted by Gasteiger charge is -2.37. The molecule has 1 unspecified atom stereocenters. The molecule has 0 amide bonds. The van der Waals surface area contributed by atoms with Crippen molar-refractivity contribution < 1.29 is 30.3 Å². The van der Waals surface area contributed by atoms with Crippen LogP contribution in [0.5, 0.6) is 0 Å². The Morgan fingerprint density at radius 3 is 1.79 bits per heavy atom. The number of rotatable bonds is 1. The summed E-state index contributed by atoms with van der Waals surface area (Å²) in [4.78, 5) is 0. The van der Waals surface area contributed by atoms with Gasteiger partial charge >= 0.3 is 0 Å². The van der Waals surface area contributed by atoms with E-state index >= 15 is 0 Å². The second-order valence-electron chi connectivity index (χ2n) is 3.67. The monoisotopic (exact) mass is 281 g/mol. The molecular weight excluding hydrogens is 262 g/mol. The van der Waals surface area contributed by atoms with Gasteiger partial charge in [0, 0.05) is 0 Å². The molecule has 11 heteroatoms. The van der Waals surface area contributed by atoms with Crippen LogP contribution in [0.2, 0.25) is 0 Å². The van der Waals surface area contributed by atoms with Crippen LogP contribution in [0.3, 0.4) is 0 Å². The van der Waals surface area contributed by atoms with Crippen LogP contribution in [0.4, 0.5) is 0 Å². The first kappa shape index (κ1) is 17.5. The highest BCUT2D eigenvalue weighted by atomic mass is 16.6. The fourth-order valence-electron chi connectivity index (χ4n) is 1.23.